The summed E-state index contributed by atoms with van der Waals surface area (Å²) in [6.45, 7) is 2.79. The largest absolute Gasteiger partial charge is 0.353 e. The first kappa shape index (κ1) is 23.6. The molecule has 0 N–H and O–H groups in total. The molecular weight excluding hydrogens is 445 g/mol. The first-order chi connectivity index (χ1) is 15.6. The SMILES string of the molecule is O=C(Cc1ccccc1)N1CCCC(CCOC2CCCCO2)(c2ccc(Cl)c(Cl)c2)C1. The average Bonchev–Trinajstić information content (AvgIpc) is 2.82. The number of carbonyl (C=O) groups is 1. The van der Waals surface area contributed by atoms with Gasteiger partial charge in [0, 0.05) is 25.1 Å². The van der Waals surface area contributed by atoms with Crippen LogP contribution in [-0.2, 0) is 26.1 Å². The van der Waals surface area contributed by atoms with Crippen LogP contribution in [0, 0.1) is 0 Å². The number of hydrogen-bond donors (Lipinski definition) is 0. The molecule has 2 aliphatic rings. The van der Waals surface area contributed by atoms with Gasteiger partial charge in [-0.05, 0) is 61.8 Å². The van der Waals surface area contributed by atoms with Gasteiger partial charge in [0.2, 0.25) is 5.91 Å². The third-order valence-electron chi connectivity index (χ3n) is 6.68. The molecule has 4 nitrogen and oxygen atoms in total. The number of rotatable bonds is 7. The van der Waals surface area contributed by atoms with Crippen LogP contribution in [-0.4, -0.2) is 43.4 Å². The number of piperidine rings is 1. The van der Waals surface area contributed by atoms with E-state index in [4.69, 9.17) is 32.7 Å². The van der Waals surface area contributed by atoms with Gasteiger partial charge in [0.25, 0.3) is 0 Å². The molecule has 0 saturated carbocycles. The highest BCUT2D eigenvalue weighted by atomic mass is 35.5. The van der Waals surface area contributed by atoms with Gasteiger partial charge >= 0.3 is 0 Å². The Balaban J connectivity index is 1.50. The van der Waals surface area contributed by atoms with Crippen molar-refractivity contribution in [2.75, 3.05) is 26.3 Å². The van der Waals surface area contributed by atoms with E-state index >= 15 is 0 Å². The van der Waals surface area contributed by atoms with Gasteiger partial charge in [-0.1, -0.05) is 59.6 Å². The standard InChI is InChI=1S/C26H31Cl2NO3/c27-22-11-10-21(18-23(22)28)26(13-16-32-25-9-4-5-15-31-25)12-6-14-29(19-26)24(30)17-20-7-2-1-3-8-20/h1-3,7-8,10-11,18,25H,4-6,9,12-17,19H2. The van der Waals surface area contributed by atoms with Crippen molar-refractivity contribution in [3.63, 3.8) is 0 Å². The third-order valence-corrected chi connectivity index (χ3v) is 7.42. The van der Waals surface area contributed by atoms with Gasteiger partial charge in [-0.25, -0.2) is 0 Å². The molecule has 4 rings (SSSR count). The van der Waals surface area contributed by atoms with Crippen LogP contribution in [0.1, 0.15) is 49.7 Å². The predicted octanol–water partition coefficient (Wildman–Crippen LogP) is 6.03. The van der Waals surface area contributed by atoms with Gasteiger partial charge in [-0.2, -0.15) is 0 Å². The molecule has 2 aromatic carbocycles. The first-order valence-corrected chi connectivity index (χ1v) is 12.3. The zero-order valence-corrected chi connectivity index (χ0v) is 19.9. The number of nitrogens with zero attached hydrogens (tertiary/aromatic N) is 1. The second-order valence-electron chi connectivity index (χ2n) is 8.91. The fourth-order valence-corrected chi connectivity index (χ4v) is 5.16. The fourth-order valence-electron chi connectivity index (χ4n) is 4.87. The van der Waals surface area contributed by atoms with Crippen molar-refractivity contribution in [1.29, 1.82) is 0 Å². The monoisotopic (exact) mass is 475 g/mol. The molecule has 172 valence electrons. The lowest BCUT2D eigenvalue weighted by Gasteiger charge is -2.44. The highest BCUT2D eigenvalue weighted by molar-refractivity contribution is 6.42. The maximum atomic E-state index is 13.2. The molecule has 2 unspecified atom stereocenters. The Hall–Kier alpha value is -1.59. The summed E-state index contributed by atoms with van der Waals surface area (Å²) in [6.07, 6.45) is 6.23. The summed E-state index contributed by atoms with van der Waals surface area (Å²) in [7, 11) is 0. The molecule has 2 atom stereocenters. The Morgan fingerprint density at radius 3 is 2.69 bits per heavy atom. The summed E-state index contributed by atoms with van der Waals surface area (Å²) in [4.78, 5) is 15.2. The van der Waals surface area contributed by atoms with Gasteiger partial charge < -0.3 is 14.4 Å². The van der Waals surface area contributed by atoms with Gasteiger partial charge in [0.1, 0.15) is 0 Å². The van der Waals surface area contributed by atoms with E-state index < -0.39 is 0 Å². The van der Waals surface area contributed by atoms with Crippen molar-refractivity contribution in [2.24, 2.45) is 0 Å². The van der Waals surface area contributed by atoms with Crippen molar-refractivity contribution in [3.8, 4) is 0 Å². The summed E-state index contributed by atoms with van der Waals surface area (Å²) >= 11 is 12.6. The predicted molar refractivity (Wildman–Crippen MR) is 128 cm³/mol. The van der Waals surface area contributed by atoms with Crippen LogP contribution in [0.3, 0.4) is 0 Å². The zero-order valence-electron chi connectivity index (χ0n) is 18.4. The Labute approximate surface area is 200 Å². The van der Waals surface area contributed by atoms with Gasteiger partial charge in [0.15, 0.2) is 6.29 Å². The van der Waals surface area contributed by atoms with Crippen molar-refractivity contribution in [3.05, 3.63) is 69.7 Å². The molecule has 0 radical (unpaired) electrons. The van der Waals surface area contributed by atoms with Gasteiger partial charge in [-0.3, -0.25) is 4.79 Å². The van der Waals surface area contributed by atoms with Crippen LogP contribution >= 0.6 is 23.2 Å². The van der Waals surface area contributed by atoms with E-state index in [2.05, 4.69) is 6.07 Å². The number of likely N-dealkylation sites (tertiary alicyclic amines) is 1. The third kappa shape index (κ3) is 5.85. The van der Waals surface area contributed by atoms with Crippen LogP contribution in [0.2, 0.25) is 10.0 Å². The zero-order chi connectivity index (χ0) is 22.4. The number of halogens is 2. The van der Waals surface area contributed by atoms with Crippen LogP contribution < -0.4 is 0 Å². The lowest BCUT2D eigenvalue weighted by atomic mass is 9.71. The maximum absolute atomic E-state index is 13.2. The Kier molecular flexibility index (Phi) is 8.12. The molecule has 0 bridgehead atoms. The highest BCUT2D eigenvalue weighted by Gasteiger charge is 2.39. The minimum absolute atomic E-state index is 0.117. The van der Waals surface area contributed by atoms with Crippen molar-refractivity contribution in [1.82, 2.24) is 4.90 Å². The molecule has 0 aliphatic carbocycles. The Morgan fingerprint density at radius 1 is 1.09 bits per heavy atom. The summed E-state index contributed by atoms with van der Waals surface area (Å²) in [5.74, 6) is 0.164. The minimum Gasteiger partial charge on any atom is -0.353 e. The maximum Gasteiger partial charge on any atom is 0.227 e. The molecule has 1 amide bonds. The van der Waals surface area contributed by atoms with Gasteiger partial charge in [-0.15, -0.1) is 0 Å². The Bertz CT molecular complexity index is 901. The number of carbonyl (C=O) groups excluding carboxylic acids is 1. The molecule has 6 heteroatoms. The second kappa shape index (κ2) is 11.0. The molecule has 32 heavy (non-hydrogen) atoms. The number of benzene rings is 2. The summed E-state index contributed by atoms with van der Waals surface area (Å²) in [5, 5.41) is 1.10. The van der Waals surface area contributed by atoms with E-state index in [1.807, 2.05) is 47.4 Å². The minimum atomic E-state index is -0.215. The summed E-state index contributed by atoms with van der Waals surface area (Å²) in [6, 6.07) is 15.8. The topological polar surface area (TPSA) is 38.8 Å². The van der Waals surface area contributed by atoms with Crippen molar-refractivity contribution < 1.29 is 14.3 Å². The van der Waals surface area contributed by atoms with E-state index in [0.29, 0.717) is 29.6 Å². The molecular formula is C26H31Cl2NO3. The number of amides is 1. The van der Waals surface area contributed by atoms with Crippen LogP contribution in [0.25, 0.3) is 0 Å². The first-order valence-electron chi connectivity index (χ1n) is 11.6. The van der Waals surface area contributed by atoms with Crippen molar-refractivity contribution >= 4 is 29.1 Å². The van der Waals surface area contributed by atoms with Crippen LogP contribution in [0.5, 0.6) is 0 Å². The van der Waals surface area contributed by atoms with E-state index in [1.165, 1.54) is 0 Å². The average molecular weight is 476 g/mol. The quantitative estimate of drug-likeness (QED) is 0.490. The molecule has 2 saturated heterocycles. The second-order valence-corrected chi connectivity index (χ2v) is 9.72. The number of ether oxygens (including phenoxy) is 2. The van der Waals surface area contributed by atoms with Gasteiger partial charge in [0.05, 0.1) is 23.1 Å². The summed E-state index contributed by atoms with van der Waals surface area (Å²) in [5.41, 5.74) is 1.95. The number of hydrogen-bond acceptors (Lipinski definition) is 3. The molecule has 0 aromatic heterocycles. The fraction of sp³-hybridized carbons (Fsp3) is 0.500. The molecule has 0 spiro atoms. The normalized spacial score (nSPS) is 23.8. The van der Waals surface area contributed by atoms with E-state index in [-0.39, 0.29) is 17.6 Å². The van der Waals surface area contributed by atoms with E-state index in [0.717, 1.165) is 62.8 Å². The smallest absolute Gasteiger partial charge is 0.227 e. The molecule has 2 fully saturated rings. The lowest BCUT2D eigenvalue weighted by Crippen LogP contribution is -2.49. The van der Waals surface area contributed by atoms with Crippen LogP contribution in [0.4, 0.5) is 0 Å². The van der Waals surface area contributed by atoms with Crippen LogP contribution in [0.15, 0.2) is 48.5 Å². The highest BCUT2D eigenvalue weighted by Crippen LogP contribution is 2.40. The molecule has 2 aliphatic heterocycles. The van der Waals surface area contributed by atoms with Crippen molar-refractivity contribution in [2.45, 2.75) is 56.7 Å². The lowest BCUT2D eigenvalue weighted by molar-refractivity contribution is -0.165. The Morgan fingerprint density at radius 2 is 1.94 bits per heavy atom. The summed E-state index contributed by atoms with van der Waals surface area (Å²) < 4.78 is 11.8. The molecule has 2 heterocycles. The van der Waals surface area contributed by atoms with E-state index in [9.17, 15) is 4.79 Å². The van der Waals surface area contributed by atoms with E-state index in [1.54, 1.807) is 0 Å². The molecule has 2 aromatic rings.